The van der Waals surface area contributed by atoms with Gasteiger partial charge < -0.3 is 9.80 Å². The lowest BCUT2D eigenvalue weighted by Gasteiger charge is -2.26. The van der Waals surface area contributed by atoms with Gasteiger partial charge in [0.2, 0.25) is 11.9 Å². The fourth-order valence-electron chi connectivity index (χ4n) is 5.11. The molecule has 0 bridgehead atoms. The summed E-state index contributed by atoms with van der Waals surface area (Å²) in [5.41, 5.74) is 0.208. The molecule has 2 aliphatic heterocycles. The molecule has 9 heteroatoms. The van der Waals surface area contributed by atoms with E-state index in [0.29, 0.717) is 57.6 Å². The zero-order chi connectivity index (χ0) is 21.6. The van der Waals surface area contributed by atoms with Gasteiger partial charge in [0, 0.05) is 37.1 Å². The Hall–Kier alpha value is -2.71. The summed E-state index contributed by atoms with van der Waals surface area (Å²) < 4.78 is 41.0. The van der Waals surface area contributed by atoms with Gasteiger partial charge in [0.25, 0.3) is 0 Å². The SMILES string of the molecule is O=C1N(Cc2ccccn2)CCC12CCN(c1nc3c(c(C(F)(F)F)n1)CCCC3)C2. The number of halogens is 3. The van der Waals surface area contributed by atoms with Crippen LogP contribution in [0.2, 0.25) is 0 Å². The molecule has 164 valence electrons. The summed E-state index contributed by atoms with van der Waals surface area (Å²) >= 11 is 0. The first kappa shape index (κ1) is 20.2. The highest BCUT2D eigenvalue weighted by Crippen LogP contribution is 2.43. The molecule has 0 radical (unpaired) electrons. The molecule has 1 spiro atoms. The van der Waals surface area contributed by atoms with Crippen LogP contribution < -0.4 is 4.90 Å². The lowest BCUT2D eigenvalue weighted by molar-refractivity contribution is -0.142. The Morgan fingerprint density at radius 2 is 1.87 bits per heavy atom. The number of pyridine rings is 1. The van der Waals surface area contributed by atoms with E-state index < -0.39 is 17.3 Å². The van der Waals surface area contributed by atoms with Crippen molar-refractivity contribution in [3.05, 3.63) is 47.0 Å². The van der Waals surface area contributed by atoms with Crippen LogP contribution in [0.1, 0.15) is 48.3 Å². The highest BCUT2D eigenvalue weighted by Gasteiger charge is 2.51. The number of carbonyl (C=O) groups is 1. The summed E-state index contributed by atoms with van der Waals surface area (Å²) in [6, 6.07) is 5.61. The maximum absolute atomic E-state index is 13.7. The van der Waals surface area contributed by atoms with E-state index in [1.165, 1.54) is 0 Å². The van der Waals surface area contributed by atoms with E-state index in [4.69, 9.17) is 0 Å². The molecule has 2 fully saturated rings. The van der Waals surface area contributed by atoms with Gasteiger partial charge in [-0.05, 0) is 50.7 Å². The summed E-state index contributed by atoms with van der Waals surface area (Å²) in [6.07, 6.45) is 0.976. The number of fused-ring (bicyclic) bond motifs is 1. The average molecular weight is 431 g/mol. The highest BCUT2D eigenvalue weighted by molar-refractivity contribution is 5.86. The van der Waals surface area contributed by atoms with E-state index in [9.17, 15) is 18.0 Å². The van der Waals surface area contributed by atoms with Gasteiger partial charge in [0.15, 0.2) is 5.69 Å². The monoisotopic (exact) mass is 431 g/mol. The van der Waals surface area contributed by atoms with Crippen LogP contribution in [-0.2, 0) is 30.4 Å². The Morgan fingerprint density at radius 1 is 1.06 bits per heavy atom. The number of hydrogen-bond donors (Lipinski definition) is 0. The number of nitrogens with zero attached hydrogens (tertiary/aromatic N) is 5. The van der Waals surface area contributed by atoms with E-state index in [1.54, 1.807) is 16.0 Å². The van der Waals surface area contributed by atoms with Crippen LogP contribution in [0.3, 0.4) is 0 Å². The van der Waals surface area contributed by atoms with Crippen molar-refractivity contribution in [1.82, 2.24) is 19.9 Å². The van der Waals surface area contributed by atoms with Gasteiger partial charge >= 0.3 is 6.18 Å². The van der Waals surface area contributed by atoms with Crippen LogP contribution in [-0.4, -0.2) is 45.4 Å². The van der Waals surface area contributed by atoms with Crippen molar-refractivity contribution in [2.75, 3.05) is 24.5 Å². The fraction of sp³-hybridized carbons (Fsp3) is 0.545. The minimum atomic E-state index is -4.50. The van der Waals surface area contributed by atoms with Crippen LogP contribution >= 0.6 is 0 Å². The van der Waals surface area contributed by atoms with Gasteiger partial charge in [-0.25, -0.2) is 9.97 Å². The molecular weight excluding hydrogens is 407 g/mol. The third kappa shape index (κ3) is 3.64. The molecular formula is C22H24F3N5O. The predicted molar refractivity (Wildman–Crippen MR) is 107 cm³/mol. The second-order valence-electron chi connectivity index (χ2n) is 8.75. The van der Waals surface area contributed by atoms with Crippen molar-refractivity contribution in [2.24, 2.45) is 5.41 Å². The lowest BCUT2D eigenvalue weighted by atomic mass is 9.85. The third-order valence-corrected chi connectivity index (χ3v) is 6.76. The lowest BCUT2D eigenvalue weighted by Crippen LogP contribution is -2.37. The number of anilines is 1. The summed E-state index contributed by atoms with van der Waals surface area (Å²) in [5, 5.41) is 0. The third-order valence-electron chi connectivity index (χ3n) is 6.76. The molecule has 2 aromatic rings. The molecule has 0 saturated carbocycles. The molecule has 1 aliphatic carbocycles. The second-order valence-corrected chi connectivity index (χ2v) is 8.75. The Morgan fingerprint density at radius 3 is 2.65 bits per heavy atom. The zero-order valence-corrected chi connectivity index (χ0v) is 17.2. The number of amides is 1. The molecule has 6 nitrogen and oxygen atoms in total. The molecule has 4 heterocycles. The quantitative estimate of drug-likeness (QED) is 0.746. The van der Waals surface area contributed by atoms with Gasteiger partial charge in [-0.1, -0.05) is 6.07 Å². The van der Waals surface area contributed by atoms with E-state index in [1.807, 2.05) is 18.2 Å². The van der Waals surface area contributed by atoms with Crippen LogP contribution in [0.25, 0.3) is 0 Å². The maximum Gasteiger partial charge on any atom is 0.433 e. The van der Waals surface area contributed by atoms with Gasteiger partial charge in [0.1, 0.15) is 0 Å². The second kappa shape index (κ2) is 7.46. The van der Waals surface area contributed by atoms with Gasteiger partial charge in [-0.3, -0.25) is 9.78 Å². The number of likely N-dealkylation sites (tertiary alicyclic amines) is 1. The molecule has 2 saturated heterocycles. The fourth-order valence-corrected chi connectivity index (χ4v) is 5.11. The molecule has 3 aliphatic rings. The first-order valence-electron chi connectivity index (χ1n) is 10.8. The molecule has 1 atom stereocenters. The topological polar surface area (TPSA) is 62.2 Å². The van der Waals surface area contributed by atoms with Crippen molar-refractivity contribution < 1.29 is 18.0 Å². The Bertz CT molecular complexity index is 997. The van der Waals surface area contributed by atoms with Gasteiger partial charge in [-0.15, -0.1) is 0 Å². The minimum absolute atomic E-state index is 0.0506. The number of hydrogen-bond acceptors (Lipinski definition) is 5. The van der Waals surface area contributed by atoms with Crippen LogP contribution in [0.5, 0.6) is 0 Å². The molecule has 0 aromatic carbocycles. The van der Waals surface area contributed by atoms with Crippen molar-refractivity contribution in [3.8, 4) is 0 Å². The van der Waals surface area contributed by atoms with Crippen molar-refractivity contribution in [3.63, 3.8) is 0 Å². The molecule has 5 rings (SSSR count). The van der Waals surface area contributed by atoms with Crippen LogP contribution in [0.4, 0.5) is 19.1 Å². The van der Waals surface area contributed by atoms with Crippen molar-refractivity contribution in [2.45, 2.75) is 51.2 Å². The largest absolute Gasteiger partial charge is 0.433 e. The van der Waals surface area contributed by atoms with Crippen LogP contribution in [0.15, 0.2) is 24.4 Å². The number of rotatable bonds is 3. The summed E-state index contributed by atoms with van der Waals surface area (Å²) in [5.74, 6) is 0.162. The number of alkyl halides is 3. The maximum atomic E-state index is 13.7. The zero-order valence-electron chi connectivity index (χ0n) is 17.2. The average Bonchev–Trinajstić information content (AvgIpc) is 3.33. The van der Waals surface area contributed by atoms with Gasteiger partial charge in [0.05, 0.1) is 17.7 Å². The summed E-state index contributed by atoms with van der Waals surface area (Å²) in [7, 11) is 0. The summed E-state index contributed by atoms with van der Waals surface area (Å²) in [6.45, 7) is 1.93. The highest BCUT2D eigenvalue weighted by atomic mass is 19.4. The first-order valence-corrected chi connectivity index (χ1v) is 10.8. The van der Waals surface area contributed by atoms with E-state index in [2.05, 4.69) is 15.0 Å². The van der Waals surface area contributed by atoms with E-state index >= 15 is 0 Å². The number of aryl methyl sites for hydroxylation is 1. The van der Waals surface area contributed by atoms with Gasteiger partial charge in [-0.2, -0.15) is 13.2 Å². The Balaban J connectivity index is 1.38. The van der Waals surface area contributed by atoms with Crippen LogP contribution in [0, 0.1) is 5.41 Å². The van der Waals surface area contributed by atoms with Crippen molar-refractivity contribution in [1.29, 1.82) is 0 Å². The minimum Gasteiger partial charge on any atom is -0.340 e. The first-order chi connectivity index (χ1) is 14.9. The number of carbonyl (C=O) groups excluding carboxylic acids is 1. The molecule has 1 unspecified atom stereocenters. The predicted octanol–water partition coefficient (Wildman–Crippen LogP) is 3.40. The standard InChI is InChI=1S/C22H24F3N5O/c23-22(24,25)18-16-6-1-2-7-17(16)27-20(28-18)30-12-9-21(14-30)8-11-29(19(21)31)13-15-5-3-4-10-26-15/h3-5,10H,1-2,6-9,11-14H2. The smallest absolute Gasteiger partial charge is 0.340 e. The molecule has 2 aromatic heterocycles. The Kier molecular flexibility index (Phi) is 4.86. The van der Waals surface area contributed by atoms with E-state index in [-0.39, 0.29) is 17.4 Å². The van der Waals surface area contributed by atoms with Crippen molar-refractivity contribution >= 4 is 11.9 Å². The molecule has 0 N–H and O–H groups in total. The van der Waals surface area contributed by atoms with E-state index in [0.717, 1.165) is 18.5 Å². The number of aromatic nitrogens is 3. The summed E-state index contributed by atoms with van der Waals surface area (Å²) in [4.78, 5) is 29.6. The molecule has 1 amide bonds. The Labute approximate surface area is 178 Å². The molecule has 31 heavy (non-hydrogen) atoms. The normalized spacial score (nSPS) is 23.6.